The summed E-state index contributed by atoms with van der Waals surface area (Å²) in [5.74, 6) is 1.05. The third kappa shape index (κ3) is 3.72. The van der Waals surface area contributed by atoms with E-state index in [4.69, 9.17) is 0 Å². The number of hydrogen-bond acceptors (Lipinski definition) is 4. The van der Waals surface area contributed by atoms with Crippen LogP contribution in [-0.2, 0) is 0 Å². The number of nitrogens with one attached hydrogen (secondary N) is 1. The maximum atomic E-state index is 13.5. The molecule has 0 radical (unpaired) electrons. The second-order valence-electron chi connectivity index (χ2n) is 8.67. The van der Waals surface area contributed by atoms with Gasteiger partial charge in [0.25, 0.3) is 5.56 Å². The van der Waals surface area contributed by atoms with Crippen LogP contribution in [0.15, 0.2) is 47.4 Å². The van der Waals surface area contributed by atoms with Crippen LogP contribution in [0.4, 0.5) is 10.2 Å². The van der Waals surface area contributed by atoms with Crippen LogP contribution in [-0.4, -0.2) is 47.1 Å². The molecule has 0 bridgehead atoms. The number of rotatable bonds is 3. The number of pyridine rings is 2. The summed E-state index contributed by atoms with van der Waals surface area (Å²) >= 11 is 0. The van der Waals surface area contributed by atoms with Gasteiger partial charge >= 0.3 is 0 Å². The molecule has 5 rings (SSSR count). The third-order valence-electron chi connectivity index (χ3n) is 6.72. The van der Waals surface area contributed by atoms with E-state index in [1.807, 2.05) is 12.3 Å². The number of H-pyrrole nitrogens is 1. The Morgan fingerprint density at radius 1 is 1.07 bits per heavy atom. The minimum Gasteiger partial charge on any atom is -0.354 e. The van der Waals surface area contributed by atoms with Crippen LogP contribution < -0.4 is 10.5 Å². The molecule has 0 spiro atoms. The predicted molar refractivity (Wildman–Crippen MR) is 118 cm³/mol. The summed E-state index contributed by atoms with van der Waals surface area (Å²) in [6.07, 6.45) is 5.22. The molecule has 5 nitrogen and oxygen atoms in total. The number of benzene rings is 1. The van der Waals surface area contributed by atoms with Crippen LogP contribution in [0.1, 0.15) is 36.4 Å². The second kappa shape index (κ2) is 7.84. The molecule has 1 saturated heterocycles. The van der Waals surface area contributed by atoms with E-state index in [0.29, 0.717) is 17.3 Å². The van der Waals surface area contributed by atoms with Crippen LogP contribution in [0.5, 0.6) is 0 Å². The molecule has 2 fully saturated rings. The fourth-order valence-electron chi connectivity index (χ4n) is 5.01. The Balaban J connectivity index is 1.24. The topological polar surface area (TPSA) is 52.2 Å². The average Bonchev–Trinajstić information content (AvgIpc) is 3.25. The number of hydrogen-bond donors (Lipinski definition) is 1. The van der Waals surface area contributed by atoms with Crippen molar-refractivity contribution in [1.82, 2.24) is 14.9 Å². The number of aryl methyl sites for hydroxylation is 1. The van der Waals surface area contributed by atoms with Crippen LogP contribution in [0.25, 0.3) is 10.8 Å². The van der Waals surface area contributed by atoms with E-state index >= 15 is 0 Å². The van der Waals surface area contributed by atoms with Gasteiger partial charge in [0.1, 0.15) is 11.6 Å². The van der Waals surface area contributed by atoms with E-state index in [-0.39, 0.29) is 11.4 Å². The highest BCUT2D eigenvalue weighted by atomic mass is 19.1. The first-order valence-electron chi connectivity index (χ1n) is 10.8. The molecular weight excluding hydrogens is 379 g/mol. The largest absolute Gasteiger partial charge is 0.354 e. The Bertz CT molecular complexity index is 1100. The quantitative estimate of drug-likeness (QED) is 0.718. The molecule has 30 heavy (non-hydrogen) atoms. The van der Waals surface area contributed by atoms with E-state index in [9.17, 15) is 9.18 Å². The number of anilines is 1. The summed E-state index contributed by atoms with van der Waals surface area (Å²) in [5.41, 5.74) is 1.99. The molecule has 2 aliphatic rings. The van der Waals surface area contributed by atoms with Crippen molar-refractivity contribution in [2.45, 2.75) is 38.1 Å². The van der Waals surface area contributed by atoms with E-state index in [1.165, 1.54) is 17.7 Å². The summed E-state index contributed by atoms with van der Waals surface area (Å²) in [5, 5.41) is 1.24. The fourth-order valence-corrected chi connectivity index (χ4v) is 5.01. The minimum absolute atomic E-state index is 0.190. The van der Waals surface area contributed by atoms with Gasteiger partial charge in [-0.3, -0.25) is 9.69 Å². The number of nitrogens with zero attached hydrogens (tertiary/aromatic N) is 3. The van der Waals surface area contributed by atoms with E-state index < -0.39 is 0 Å². The Kier molecular flexibility index (Phi) is 5.03. The van der Waals surface area contributed by atoms with Gasteiger partial charge < -0.3 is 9.88 Å². The van der Waals surface area contributed by atoms with Gasteiger partial charge in [0.15, 0.2) is 0 Å². The predicted octanol–water partition coefficient (Wildman–Crippen LogP) is 3.83. The molecule has 1 aromatic carbocycles. The first kappa shape index (κ1) is 19.2. The molecule has 3 aromatic rings. The number of halogens is 1. The first-order valence-corrected chi connectivity index (χ1v) is 10.8. The Labute approximate surface area is 175 Å². The van der Waals surface area contributed by atoms with Crippen molar-refractivity contribution in [1.29, 1.82) is 0 Å². The van der Waals surface area contributed by atoms with Crippen LogP contribution in [0.2, 0.25) is 0 Å². The monoisotopic (exact) mass is 406 g/mol. The number of aromatic amines is 1. The summed E-state index contributed by atoms with van der Waals surface area (Å²) in [4.78, 5) is 25.0. The van der Waals surface area contributed by atoms with Gasteiger partial charge in [-0.05, 0) is 61.4 Å². The molecule has 1 aliphatic heterocycles. The number of piperazine rings is 1. The summed E-state index contributed by atoms with van der Waals surface area (Å²) in [6, 6.07) is 11.3. The van der Waals surface area contributed by atoms with Gasteiger partial charge in [-0.1, -0.05) is 12.1 Å². The lowest BCUT2D eigenvalue weighted by molar-refractivity contribution is 0.186. The summed E-state index contributed by atoms with van der Waals surface area (Å²) in [6.45, 7) is 6.14. The van der Waals surface area contributed by atoms with Crippen molar-refractivity contribution < 1.29 is 4.39 Å². The van der Waals surface area contributed by atoms with Gasteiger partial charge in [-0.25, -0.2) is 9.37 Å². The Hall–Kier alpha value is -2.73. The lowest BCUT2D eigenvalue weighted by atomic mass is 10.0. The van der Waals surface area contributed by atoms with Crippen LogP contribution >= 0.6 is 0 Å². The number of aromatic nitrogens is 2. The molecule has 3 heterocycles. The third-order valence-corrected chi connectivity index (χ3v) is 6.72. The van der Waals surface area contributed by atoms with E-state index in [0.717, 1.165) is 62.3 Å². The zero-order valence-corrected chi connectivity index (χ0v) is 17.3. The zero-order valence-electron chi connectivity index (χ0n) is 17.3. The molecule has 0 amide bonds. The van der Waals surface area contributed by atoms with Gasteiger partial charge in [-0.2, -0.15) is 0 Å². The van der Waals surface area contributed by atoms with Crippen molar-refractivity contribution in [2.75, 3.05) is 31.1 Å². The standard InChI is InChI=1S/C24H27FN4O/c1-16-2-7-23(26-15-16)29-10-8-28(9-11-29)20-6-4-18(12-20)22-13-17-3-5-19(25)14-21(17)24(30)27-22/h2-3,5,7,13-15,18,20H,4,6,8-12H2,1H3,(H,27,30)/t18-,20+/m1/s1. The highest BCUT2D eigenvalue weighted by Crippen LogP contribution is 2.37. The highest BCUT2D eigenvalue weighted by Gasteiger charge is 2.32. The van der Waals surface area contributed by atoms with Gasteiger partial charge in [0, 0.05) is 55.4 Å². The van der Waals surface area contributed by atoms with E-state index in [1.54, 1.807) is 6.07 Å². The van der Waals surface area contributed by atoms with Crippen LogP contribution in [0, 0.1) is 12.7 Å². The van der Waals surface area contributed by atoms with Gasteiger partial charge in [0.05, 0.1) is 0 Å². The molecule has 1 saturated carbocycles. The zero-order chi connectivity index (χ0) is 20.7. The van der Waals surface area contributed by atoms with Crippen molar-refractivity contribution in [2.24, 2.45) is 0 Å². The van der Waals surface area contributed by atoms with Gasteiger partial charge in [0.2, 0.25) is 0 Å². The SMILES string of the molecule is Cc1ccc(N2CCN([C@H]3CC[C@@H](c4cc5ccc(F)cc5c(=O)[nH]4)C3)CC2)nc1. The highest BCUT2D eigenvalue weighted by molar-refractivity contribution is 5.81. The summed E-state index contributed by atoms with van der Waals surface area (Å²) < 4.78 is 13.5. The first-order chi connectivity index (χ1) is 14.6. The molecule has 156 valence electrons. The Morgan fingerprint density at radius 3 is 2.67 bits per heavy atom. The molecule has 0 unspecified atom stereocenters. The molecule has 1 aliphatic carbocycles. The molecule has 1 N–H and O–H groups in total. The average molecular weight is 407 g/mol. The van der Waals surface area contributed by atoms with Crippen molar-refractivity contribution in [3.05, 3.63) is 70.0 Å². The lowest BCUT2D eigenvalue weighted by Gasteiger charge is -2.38. The molecule has 2 aromatic heterocycles. The number of fused-ring (bicyclic) bond motifs is 1. The van der Waals surface area contributed by atoms with Crippen molar-refractivity contribution in [3.8, 4) is 0 Å². The normalized spacial score (nSPS) is 22.7. The molecule has 6 heteroatoms. The fraction of sp³-hybridized carbons (Fsp3) is 0.417. The van der Waals surface area contributed by atoms with E-state index in [2.05, 4.69) is 38.8 Å². The second-order valence-corrected chi connectivity index (χ2v) is 8.67. The molecule has 2 atom stereocenters. The lowest BCUT2D eigenvalue weighted by Crippen LogP contribution is -2.50. The molecular formula is C24H27FN4O. The van der Waals surface area contributed by atoms with Crippen molar-refractivity contribution >= 4 is 16.6 Å². The van der Waals surface area contributed by atoms with Gasteiger partial charge in [-0.15, -0.1) is 0 Å². The minimum atomic E-state index is -0.373. The summed E-state index contributed by atoms with van der Waals surface area (Å²) in [7, 11) is 0. The smallest absolute Gasteiger partial charge is 0.256 e. The maximum absolute atomic E-state index is 13.5. The Morgan fingerprint density at radius 2 is 1.90 bits per heavy atom. The maximum Gasteiger partial charge on any atom is 0.256 e. The van der Waals surface area contributed by atoms with Crippen molar-refractivity contribution in [3.63, 3.8) is 0 Å². The van der Waals surface area contributed by atoms with Crippen LogP contribution in [0.3, 0.4) is 0 Å².